The van der Waals surface area contributed by atoms with Crippen LogP contribution in [0.5, 0.6) is 0 Å². The maximum Gasteiger partial charge on any atom is 0.446 e. The smallest absolute Gasteiger partial charge is 0.293 e. The van der Waals surface area contributed by atoms with Gasteiger partial charge in [0.2, 0.25) is 0 Å². The number of halogens is 6. The molecule has 0 saturated heterocycles. The van der Waals surface area contributed by atoms with E-state index in [0.717, 1.165) is 42.4 Å². The predicted molar refractivity (Wildman–Crippen MR) is 98.3 cm³/mol. The second-order valence-corrected chi connectivity index (χ2v) is 7.20. The lowest BCUT2D eigenvalue weighted by molar-refractivity contribution is -0.0328. The van der Waals surface area contributed by atoms with E-state index in [4.69, 9.17) is 0 Å². The standard InChI is InChI=1S/C18H15F6N3O2S/c1-25(2)27(16(28)15-11(19)5-4-6-12(15)20)17(29)26(3)14-8-7-10(9-13(14)21)30-18(22,23)24/h4-9H,1-3H3. The Balaban J connectivity index is 2.37. The van der Waals surface area contributed by atoms with Crippen LogP contribution in [-0.4, -0.2) is 48.6 Å². The predicted octanol–water partition coefficient (Wildman–Crippen LogP) is 4.89. The number of carbonyl (C=O) groups is 2. The van der Waals surface area contributed by atoms with Crippen molar-refractivity contribution in [2.45, 2.75) is 10.4 Å². The molecular weight excluding hydrogens is 436 g/mol. The first-order valence-corrected chi connectivity index (χ1v) is 8.94. The highest BCUT2D eigenvalue weighted by Gasteiger charge is 2.33. The molecule has 162 valence electrons. The lowest BCUT2D eigenvalue weighted by Crippen LogP contribution is -2.52. The molecule has 0 heterocycles. The van der Waals surface area contributed by atoms with E-state index in [9.17, 15) is 35.9 Å². The van der Waals surface area contributed by atoms with E-state index in [1.54, 1.807) is 0 Å². The molecule has 2 aromatic rings. The number of alkyl halides is 3. The molecule has 0 aliphatic carbocycles. The van der Waals surface area contributed by atoms with Crippen LogP contribution in [0.3, 0.4) is 0 Å². The third kappa shape index (κ3) is 5.25. The van der Waals surface area contributed by atoms with Crippen LogP contribution in [0.15, 0.2) is 41.3 Å². The number of anilines is 1. The van der Waals surface area contributed by atoms with E-state index in [0.29, 0.717) is 16.0 Å². The summed E-state index contributed by atoms with van der Waals surface area (Å²) in [7, 11) is 3.53. The Morgan fingerprint density at radius 3 is 1.93 bits per heavy atom. The summed E-state index contributed by atoms with van der Waals surface area (Å²) in [6, 6.07) is 3.94. The Bertz CT molecular complexity index is 947. The Hall–Kier alpha value is -2.73. The SMILES string of the molecule is CN(C(=O)N(C(=O)c1c(F)cccc1F)N(C)C)c1ccc(SC(F)(F)F)cc1F. The molecule has 12 heteroatoms. The molecule has 0 unspecified atom stereocenters. The van der Waals surface area contributed by atoms with Gasteiger partial charge in [0.05, 0.1) is 5.69 Å². The largest absolute Gasteiger partial charge is 0.446 e. The molecule has 0 aromatic heterocycles. The zero-order valence-corrected chi connectivity index (χ0v) is 16.6. The monoisotopic (exact) mass is 451 g/mol. The van der Waals surface area contributed by atoms with Crippen molar-refractivity contribution in [3.63, 3.8) is 0 Å². The van der Waals surface area contributed by atoms with E-state index in [-0.39, 0.29) is 0 Å². The van der Waals surface area contributed by atoms with Crippen molar-refractivity contribution >= 4 is 29.4 Å². The number of imide groups is 1. The molecule has 0 saturated carbocycles. The van der Waals surface area contributed by atoms with Gasteiger partial charge in [-0.1, -0.05) is 6.07 Å². The highest BCUT2D eigenvalue weighted by atomic mass is 32.2. The zero-order chi connectivity index (χ0) is 22.8. The van der Waals surface area contributed by atoms with Gasteiger partial charge in [0.1, 0.15) is 23.0 Å². The molecule has 0 bridgehead atoms. The van der Waals surface area contributed by atoms with E-state index < -0.39 is 62.8 Å². The second-order valence-electron chi connectivity index (χ2n) is 6.06. The van der Waals surface area contributed by atoms with Crippen LogP contribution in [-0.2, 0) is 0 Å². The normalized spacial score (nSPS) is 11.5. The highest BCUT2D eigenvalue weighted by Crippen LogP contribution is 2.38. The minimum Gasteiger partial charge on any atom is -0.293 e. The molecule has 0 atom stereocenters. The number of thioether (sulfide) groups is 1. The summed E-state index contributed by atoms with van der Waals surface area (Å²) >= 11 is -0.539. The molecule has 3 amide bonds. The minimum absolute atomic E-state index is 0.360. The Morgan fingerprint density at radius 2 is 1.47 bits per heavy atom. The van der Waals surface area contributed by atoms with Crippen molar-refractivity contribution in [2.24, 2.45) is 0 Å². The first-order chi connectivity index (χ1) is 13.8. The van der Waals surface area contributed by atoms with Gasteiger partial charge >= 0.3 is 11.5 Å². The fourth-order valence-corrected chi connectivity index (χ4v) is 3.02. The minimum atomic E-state index is -4.63. The molecule has 2 aromatic carbocycles. The average Bonchev–Trinajstić information content (AvgIpc) is 2.59. The van der Waals surface area contributed by atoms with Gasteiger partial charge in [0.15, 0.2) is 0 Å². The summed E-state index contributed by atoms with van der Waals surface area (Å²) in [5.74, 6) is -4.93. The van der Waals surface area contributed by atoms with Gasteiger partial charge < -0.3 is 0 Å². The van der Waals surface area contributed by atoms with Gasteiger partial charge in [-0.3, -0.25) is 9.69 Å². The van der Waals surface area contributed by atoms with E-state index in [1.807, 2.05) is 0 Å². The van der Waals surface area contributed by atoms with Crippen molar-refractivity contribution in [3.8, 4) is 0 Å². The fraction of sp³-hybridized carbons (Fsp3) is 0.222. The van der Waals surface area contributed by atoms with Crippen molar-refractivity contribution in [1.29, 1.82) is 0 Å². The van der Waals surface area contributed by atoms with Crippen LogP contribution >= 0.6 is 11.8 Å². The third-order valence-corrected chi connectivity index (χ3v) is 4.47. The van der Waals surface area contributed by atoms with Crippen molar-refractivity contribution < 1.29 is 35.9 Å². The molecule has 5 nitrogen and oxygen atoms in total. The number of hydrogen-bond donors (Lipinski definition) is 0. The van der Waals surface area contributed by atoms with Gasteiger partial charge in [-0.15, -0.1) is 0 Å². The number of hydrogen-bond acceptors (Lipinski definition) is 4. The van der Waals surface area contributed by atoms with Gasteiger partial charge in [0.25, 0.3) is 5.91 Å². The topological polar surface area (TPSA) is 43.9 Å². The molecular formula is C18H15F6N3O2S. The average molecular weight is 451 g/mol. The maximum absolute atomic E-state index is 14.3. The molecule has 30 heavy (non-hydrogen) atoms. The second kappa shape index (κ2) is 8.96. The van der Waals surface area contributed by atoms with E-state index >= 15 is 0 Å². The lowest BCUT2D eigenvalue weighted by atomic mass is 10.2. The van der Waals surface area contributed by atoms with Gasteiger partial charge in [-0.25, -0.2) is 23.0 Å². The van der Waals surface area contributed by atoms with E-state index in [2.05, 4.69) is 0 Å². The summed E-state index contributed by atoms with van der Waals surface area (Å²) in [6.07, 6.45) is 0. The summed E-state index contributed by atoms with van der Waals surface area (Å²) < 4.78 is 79.6. The van der Waals surface area contributed by atoms with Crippen LogP contribution in [0.1, 0.15) is 10.4 Å². The van der Waals surface area contributed by atoms with Crippen molar-refractivity contribution in [1.82, 2.24) is 10.0 Å². The summed E-state index contributed by atoms with van der Waals surface area (Å²) in [4.78, 5) is 25.6. The number of amides is 3. The quantitative estimate of drug-likeness (QED) is 0.377. The number of rotatable bonds is 4. The molecule has 0 spiro atoms. The summed E-state index contributed by atoms with van der Waals surface area (Å²) in [5, 5.41) is 1.29. The van der Waals surface area contributed by atoms with Gasteiger partial charge in [0, 0.05) is 26.0 Å². The fourth-order valence-electron chi connectivity index (χ4n) is 2.45. The first kappa shape index (κ1) is 23.5. The number of urea groups is 1. The van der Waals surface area contributed by atoms with Gasteiger partial charge in [-0.05, 0) is 42.1 Å². The van der Waals surface area contributed by atoms with Crippen LogP contribution < -0.4 is 4.90 Å². The molecule has 0 fully saturated rings. The number of benzene rings is 2. The Morgan fingerprint density at radius 1 is 0.900 bits per heavy atom. The summed E-state index contributed by atoms with van der Waals surface area (Å²) in [6.45, 7) is 0. The Kier molecular flexibility index (Phi) is 7.03. The van der Waals surface area contributed by atoms with Crippen molar-refractivity contribution in [3.05, 3.63) is 59.4 Å². The van der Waals surface area contributed by atoms with Crippen molar-refractivity contribution in [2.75, 3.05) is 26.0 Å². The van der Waals surface area contributed by atoms with Crippen LogP contribution in [0.2, 0.25) is 0 Å². The van der Waals surface area contributed by atoms with Crippen LogP contribution in [0.25, 0.3) is 0 Å². The number of carbonyl (C=O) groups excluding carboxylic acids is 2. The third-order valence-electron chi connectivity index (χ3n) is 3.75. The molecule has 0 aliphatic heterocycles. The first-order valence-electron chi connectivity index (χ1n) is 8.12. The molecule has 2 rings (SSSR count). The van der Waals surface area contributed by atoms with E-state index in [1.165, 1.54) is 14.1 Å². The summed E-state index contributed by atoms with van der Waals surface area (Å²) in [5.41, 5.74) is -6.07. The Labute approximate surface area is 171 Å². The number of nitrogens with zero attached hydrogens (tertiary/aromatic N) is 3. The molecule has 0 N–H and O–H groups in total. The highest BCUT2D eigenvalue weighted by molar-refractivity contribution is 8.00. The molecule has 0 radical (unpaired) electrons. The number of hydrazine groups is 1. The lowest BCUT2D eigenvalue weighted by Gasteiger charge is -2.31. The zero-order valence-electron chi connectivity index (χ0n) is 15.8. The van der Waals surface area contributed by atoms with Crippen LogP contribution in [0, 0.1) is 17.5 Å². The van der Waals surface area contributed by atoms with Gasteiger partial charge in [-0.2, -0.15) is 18.2 Å². The van der Waals surface area contributed by atoms with Crippen LogP contribution in [0.4, 0.5) is 36.8 Å². The molecule has 0 aliphatic rings. The maximum atomic E-state index is 14.3.